The minimum Gasteiger partial charge on any atom is -0.480 e. The highest BCUT2D eigenvalue weighted by Crippen LogP contribution is 1.95. The van der Waals surface area contributed by atoms with Gasteiger partial charge < -0.3 is 25.5 Å². The maximum absolute atomic E-state index is 11.5. The number of hydrogen-bond acceptors (Lipinski definition) is 4. The van der Waals surface area contributed by atoms with E-state index in [0.29, 0.717) is 6.54 Å². The first-order valence-corrected chi connectivity index (χ1v) is 5.06. The van der Waals surface area contributed by atoms with Gasteiger partial charge in [-0.15, -0.1) is 0 Å². The molecule has 0 aliphatic carbocycles. The van der Waals surface area contributed by atoms with Gasteiger partial charge in [0.2, 0.25) is 0 Å². The molecule has 0 aliphatic rings. The van der Waals surface area contributed by atoms with E-state index in [4.69, 9.17) is 15.3 Å². The Bertz CT molecular complexity index is 234. The van der Waals surface area contributed by atoms with Crippen LogP contribution in [0, 0.1) is 0 Å². The Morgan fingerprint density at radius 1 is 1.31 bits per heavy atom. The summed E-state index contributed by atoms with van der Waals surface area (Å²) >= 11 is 0. The van der Waals surface area contributed by atoms with Crippen LogP contribution >= 0.6 is 0 Å². The van der Waals surface area contributed by atoms with E-state index in [1.807, 2.05) is 0 Å². The summed E-state index contributed by atoms with van der Waals surface area (Å²) in [6.45, 7) is 1.74. The molecule has 0 aromatic carbocycles. The van der Waals surface area contributed by atoms with Crippen molar-refractivity contribution in [2.75, 3.05) is 26.3 Å². The van der Waals surface area contributed by atoms with Crippen LogP contribution in [0.3, 0.4) is 0 Å². The molecule has 0 spiro atoms. The molecule has 0 heterocycles. The van der Waals surface area contributed by atoms with E-state index in [-0.39, 0.29) is 26.2 Å². The Morgan fingerprint density at radius 3 is 2.31 bits per heavy atom. The summed E-state index contributed by atoms with van der Waals surface area (Å²) in [6.07, 6.45) is -0.0439. The normalized spacial score (nSPS) is 11.9. The summed E-state index contributed by atoms with van der Waals surface area (Å²) in [4.78, 5) is 23.5. The SMILES string of the molecule is CCN(CCO)C(=O)NC(CCO)C(=O)O. The van der Waals surface area contributed by atoms with Crippen molar-refractivity contribution in [2.45, 2.75) is 19.4 Å². The third-order valence-electron chi connectivity index (χ3n) is 2.05. The van der Waals surface area contributed by atoms with Gasteiger partial charge in [-0.2, -0.15) is 0 Å². The smallest absolute Gasteiger partial charge is 0.326 e. The van der Waals surface area contributed by atoms with Crippen molar-refractivity contribution in [3.05, 3.63) is 0 Å². The van der Waals surface area contributed by atoms with Crippen LogP contribution in [0.4, 0.5) is 4.79 Å². The summed E-state index contributed by atoms with van der Waals surface area (Å²) in [5, 5.41) is 28.3. The molecule has 0 saturated carbocycles. The van der Waals surface area contributed by atoms with Gasteiger partial charge >= 0.3 is 12.0 Å². The average Bonchev–Trinajstić information content (AvgIpc) is 2.24. The number of carbonyl (C=O) groups excluding carboxylic acids is 1. The van der Waals surface area contributed by atoms with E-state index in [0.717, 1.165) is 0 Å². The third-order valence-corrected chi connectivity index (χ3v) is 2.05. The molecule has 0 aromatic heterocycles. The molecule has 0 rings (SSSR count). The number of rotatable bonds is 7. The van der Waals surface area contributed by atoms with Crippen LogP contribution in [0.2, 0.25) is 0 Å². The Hall–Kier alpha value is -1.34. The second-order valence-corrected chi connectivity index (χ2v) is 3.16. The van der Waals surface area contributed by atoms with Crippen molar-refractivity contribution < 1.29 is 24.9 Å². The van der Waals surface area contributed by atoms with Gasteiger partial charge in [-0.25, -0.2) is 9.59 Å². The summed E-state index contributed by atoms with van der Waals surface area (Å²) in [5.41, 5.74) is 0. The highest BCUT2D eigenvalue weighted by molar-refractivity contribution is 5.82. The predicted molar refractivity (Wildman–Crippen MR) is 56.0 cm³/mol. The summed E-state index contributed by atoms with van der Waals surface area (Å²) in [6, 6.07) is -1.66. The lowest BCUT2D eigenvalue weighted by molar-refractivity contribution is -0.139. The van der Waals surface area contributed by atoms with Crippen molar-refractivity contribution in [3.8, 4) is 0 Å². The van der Waals surface area contributed by atoms with Gasteiger partial charge in [0.25, 0.3) is 0 Å². The monoisotopic (exact) mass is 234 g/mol. The zero-order valence-electron chi connectivity index (χ0n) is 9.22. The molecule has 1 atom stereocenters. The number of aliphatic hydroxyl groups is 2. The molecule has 0 aliphatic heterocycles. The molecule has 0 saturated heterocycles. The Kier molecular flexibility index (Phi) is 7.23. The molecule has 0 fully saturated rings. The maximum atomic E-state index is 11.5. The topological polar surface area (TPSA) is 110 Å². The fourth-order valence-corrected chi connectivity index (χ4v) is 1.15. The number of aliphatic carboxylic acids is 1. The first-order chi connectivity index (χ1) is 7.56. The van der Waals surface area contributed by atoms with Gasteiger partial charge in [0, 0.05) is 26.1 Å². The zero-order valence-corrected chi connectivity index (χ0v) is 9.22. The van der Waals surface area contributed by atoms with Gasteiger partial charge in [-0.1, -0.05) is 0 Å². The zero-order chi connectivity index (χ0) is 12.6. The van der Waals surface area contributed by atoms with Crippen LogP contribution in [-0.2, 0) is 4.79 Å². The molecule has 0 radical (unpaired) electrons. The van der Waals surface area contributed by atoms with Gasteiger partial charge in [0.15, 0.2) is 0 Å². The van der Waals surface area contributed by atoms with Crippen LogP contribution in [-0.4, -0.2) is 64.6 Å². The summed E-state index contributed by atoms with van der Waals surface area (Å²) in [7, 11) is 0. The number of amides is 2. The van der Waals surface area contributed by atoms with Crippen LogP contribution in [0.1, 0.15) is 13.3 Å². The standard InChI is InChI=1S/C9H18N2O5/c1-2-11(4-6-13)9(16)10-7(3-5-12)8(14)15/h7,12-13H,2-6H2,1H3,(H,10,16)(H,14,15). The quantitative estimate of drug-likeness (QED) is 0.444. The number of carbonyl (C=O) groups is 2. The molecule has 0 aromatic rings. The fourth-order valence-electron chi connectivity index (χ4n) is 1.15. The van der Waals surface area contributed by atoms with E-state index in [2.05, 4.69) is 5.32 Å². The molecule has 94 valence electrons. The molecule has 4 N–H and O–H groups in total. The average molecular weight is 234 g/mol. The number of hydrogen-bond donors (Lipinski definition) is 4. The van der Waals surface area contributed by atoms with E-state index in [9.17, 15) is 9.59 Å². The lowest BCUT2D eigenvalue weighted by atomic mass is 10.2. The summed E-state index contributed by atoms with van der Waals surface area (Å²) in [5.74, 6) is -1.19. The summed E-state index contributed by atoms with van der Waals surface area (Å²) < 4.78 is 0. The minimum atomic E-state index is -1.19. The van der Waals surface area contributed by atoms with Crippen LogP contribution in [0.25, 0.3) is 0 Å². The number of urea groups is 1. The van der Waals surface area contributed by atoms with Crippen LogP contribution in [0.5, 0.6) is 0 Å². The minimum absolute atomic E-state index is 0.0439. The van der Waals surface area contributed by atoms with Gasteiger partial charge in [0.1, 0.15) is 6.04 Å². The fraction of sp³-hybridized carbons (Fsp3) is 0.778. The van der Waals surface area contributed by atoms with E-state index in [1.165, 1.54) is 4.90 Å². The van der Waals surface area contributed by atoms with Crippen molar-refractivity contribution in [1.29, 1.82) is 0 Å². The van der Waals surface area contributed by atoms with Crippen molar-refractivity contribution in [3.63, 3.8) is 0 Å². The van der Waals surface area contributed by atoms with Crippen LogP contribution in [0.15, 0.2) is 0 Å². The van der Waals surface area contributed by atoms with Crippen molar-refractivity contribution in [2.24, 2.45) is 0 Å². The molecule has 7 nitrogen and oxygen atoms in total. The lowest BCUT2D eigenvalue weighted by Gasteiger charge is -2.22. The Balaban J connectivity index is 4.31. The molecule has 0 bridgehead atoms. The Morgan fingerprint density at radius 2 is 1.94 bits per heavy atom. The van der Waals surface area contributed by atoms with E-state index in [1.54, 1.807) is 6.92 Å². The second kappa shape index (κ2) is 7.89. The molecular formula is C9H18N2O5. The number of carboxylic acid groups (broad SMARTS) is 1. The molecule has 2 amide bonds. The number of likely N-dealkylation sites (N-methyl/N-ethyl adjacent to an activating group) is 1. The first kappa shape index (κ1) is 14.7. The number of carboxylic acids is 1. The highest BCUT2D eigenvalue weighted by Gasteiger charge is 2.21. The second-order valence-electron chi connectivity index (χ2n) is 3.16. The van der Waals surface area contributed by atoms with Gasteiger partial charge in [-0.3, -0.25) is 0 Å². The van der Waals surface area contributed by atoms with Gasteiger partial charge in [0.05, 0.1) is 6.61 Å². The number of aliphatic hydroxyl groups excluding tert-OH is 2. The van der Waals surface area contributed by atoms with E-state index >= 15 is 0 Å². The molecule has 16 heavy (non-hydrogen) atoms. The molecular weight excluding hydrogens is 216 g/mol. The third kappa shape index (κ3) is 4.94. The molecule has 7 heteroatoms. The Labute approximate surface area is 93.7 Å². The number of nitrogens with one attached hydrogen (secondary N) is 1. The van der Waals surface area contributed by atoms with Gasteiger partial charge in [-0.05, 0) is 6.92 Å². The van der Waals surface area contributed by atoms with Crippen molar-refractivity contribution >= 4 is 12.0 Å². The largest absolute Gasteiger partial charge is 0.480 e. The van der Waals surface area contributed by atoms with E-state index < -0.39 is 18.0 Å². The van der Waals surface area contributed by atoms with Crippen molar-refractivity contribution in [1.82, 2.24) is 10.2 Å². The predicted octanol–water partition coefficient (Wildman–Crippen LogP) is -1.15. The van der Waals surface area contributed by atoms with Crippen LogP contribution < -0.4 is 5.32 Å². The lowest BCUT2D eigenvalue weighted by Crippen LogP contribution is -2.49. The first-order valence-electron chi connectivity index (χ1n) is 5.06. The maximum Gasteiger partial charge on any atom is 0.326 e. The highest BCUT2D eigenvalue weighted by atomic mass is 16.4. The molecule has 1 unspecified atom stereocenters. The number of nitrogens with zero attached hydrogens (tertiary/aromatic N) is 1.